The predicted octanol–water partition coefficient (Wildman–Crippen LogP) is -0.0648. The summed E-state index contributed by atoms with van der Waals surface area (Å²) in [5.41, 5.74) is 0. The molecule has 25 valence electrons. The fourth-order valence-corrected chi connectivity index (χ4v) is 0. The van der Waals surface area contributed by atoms with Crippen LogP contribution in [0.4, 0.5) is 0 Å². The largest absolute Gasteiger partial charge is 0.445 e. The van der Waals surface area contributed by atoms with E-state index in [4.69, 9.17) is 5.11 Å². The van der Waals surface area contributed by atoms with Gasteiger partial charge in [-0.25, -0.2) is 0 Å². The Morgan fingerprint density at radius 2 is 2.00 bits per heavy atom. The average Bonchev–Trinajstić information content (AvgIpc) is 1.37. The average molecular weight is 60.1 g/mol. The van der Waals surface area contributed by atoms with Crippen LogP contribution in [0.25, 0.3) is 0 Å². The summed E-state index contributed by atoms with van der Waals surface area (Å²) in [6, 6.07) is 0. The van der Waals surface area contributed by atoms with Crippen LogP contribution in [-0.2, 0) is 0 Å². The topological polar surface area (TPSA) is 22.9 Å². The third kappa shape index (κ3) is 1.96. The van der Waals surface area contributed by atoms with E-state index in [-0.39, 0.29) is 0 Å². The third-order valence-corrected chi connectivity index (χ3v) is 0.177. The molecule has 0 rings (SSSR count). The first-order chi connectivity index (χ1) is 1.91. The van der Waals surface area contributed by atoms with E-state index < -0.39 is 0 Å². The molecule has 0 amide bonds. The monoisotopic (exact) mass is 60.1 g/mol. The minimum Gasteiger partial charge on any atom is -0.445 e. The second kappa shape index (κ2) is 2.96. The molecule has 0 bridgehead atoms. The van der Waals surface area contributed by atoms with Gasteiger partial charge in [0.05, 0.1) is 0 Å². The van der Waals surface area contributed by atoms with E-state index in [0.29, 0.717) is 6.61 Å². The van der Waals surface area contributed by atoms with Gasteiger partial charge in [0.15, 0.2) is 0 Å². The molecular formula is C3H8O+. The minimum absolute atomic E-state index is 0.458. The first-order valence-electron chi connectivity index (χ1n) is 1.35. The fourth-order valence-electron chi connectivity index (χ4n) is 0. The molecule has 1 nitrogen and oxygen atoms in total. The quantitative estimate of drug-likeness (QED) is 0.378. The zero-order valence-corrected chi connectivity index (χ0v) is 2.62. The van der Waals surface area contributed by atoms with Gasteiger partial charge in [-0.15, -0.1) is 0 Å². The number of hydrogen-bond donors (Lipinski definition) is 0. The summed E-state index contributed by atoms with van der Waals surface area (Å²) in [7, 11) is 0. The van der Waals surface area contributed by atoms with Crippen molar-refractivity contribution in [1.82, 2.24) is 0 Å². The van der Waals surface area contributed by atoms with Gasteiger partial charge in [-0.3, -0.25) is 0 Å². The van der Waals surface area contributed by atoms with Gasteiger partial charge in [-0.2, -0.15) is 0 Å². The van der Waals surface area contributed by atoms with Crippen LogP contribution in [0.2, 0.25) is 0 Å². The smallest absolute Gasteiger partial charge is 0.143 e. The molecular weight excluding hydrogens is 52.0 g/mol. The van der Waals surface area contributed by atoms with Crippen molar-refractivity contribution in [3.63, 3.8) is 0 Å². The highest BCUT2D eigenvalue weighted by Crippen LogP contribution is 1.60. The Hall–Kier alpha value is -0.0400. The van der Waals surface area contributed by atoms with E-state index in [2.05, 4.69) is 6.92 Å². The maximum atomic E-state index is 6.39. The number of rotatable bonds is 1. The van der Waals surface area contributed by atoms with Crippen molar-refractivity contribution in [3.8, 4) is 0 Å². The predicted molar refractivity (Wildman–Crippen MR) is 18.5 cm³/mol. The molecule has 1 radical (unpaired) electrons. The van der Waals surface area contributed by atoms with Crippen molar-refractivity contribution in [1.29, 1.82) is 0 Å². The Morgan fingerprint density at radius 1 is 1.75 bits per heavy atom. The van der Waals surface area contributed by atoms with Crippen LogP contribution in [0.15, 0.2) is 0 Å². The molecule has 0 fully saturated rings. The van der Waals surface area contributed by atoms with Crippen LogP contribution in [0.1, 0.15) is 6.42 Å². The van der Waals surface area contributed by atoms with Crippen LogP contribution in [0, 0.1) is 6.92 Å². The summed E-state index contributed by atoms with van der Waals surface area (Å²) in [5, 5.41) is 6.39. The van der Waals surface area contributed by atoms with Gasteiger partial charge in [0.1, 0.15) is 6.61 Å². The summed E-state index contributed by atoms with van der Waals surface area (Å²) in [6.45, 7) is 3.88. The maximum absolute atomic E-state index is 6.39. The van der Waals surface area contributed by atoms with Crippen molar-refractivity contribution < 1.29 is 5.11 Å². The fraction of sp³-hybridized carbons (Fsp3) is 0.667. The Morgan fingerprint density at radius 3 is 2.00 bits per heavy atom. The molecule has 4 heavy (non-hydrogen) atoms. The summed E-state index contributed by atoms with van der Waals surface area (Å²) < 4.78 is 0. The molecule has 0 aliphatic carbocycles. The molecule has 0 saturated carbocycles. The van der Waals surface area contributed by atoms with Crippen LogP contribution in [0.3, 0.4) is 0 Å². The first kappa shape index (κ1) is 3.96. The van der Waals surface area contributed by atoms with Crippen LogP contribution >= 0.6 is 0 Å². The second-order valence-corrected chi connectivity index (χ2v) is 0.604. The third-order valence-electron chi connectivity index (χ3n) is 0.177. The zero-order chi connectivity index (χ0) is 3.41. The highest BCUT2D eigenvalue weighted by Gasteiger charge is 1.62. The van der Waals surface area contributed by atoms with Gasteiger partial charge in [0.25, 0.3) is 0 Å². The van der Waals surface area contributed by atoms with Gasteiger partial charge >= 0.3 is 0 Å². The molecule has 0 heterocycles. The maximum Gasteiger partial charge on any atom is 0.143 e. The molecule has 0 aromatic carbocycles. The lowest BCUT2D eigenvalue weighted by molar-refractivity contribution is 0.302. The zero-order valence-electron chi connectivity index (χ0n) is 2.62. The molecule has 0 aliphatic rings. The summed E-state index contributed by atoms with van der Waals surface area (Å²) >= 11 is 0. The van der Waals surface area contributed by atoms with Crippen molar-refractivity contribution in [2.75, 3.05) is 6.61 Å². The van der Waals surface area contributed by atoms with E-state index >= 15 is 0 Å². The van der Waals surface area contributed by atoms with Crippen molar-refractivity contribution in [2.45, 2.75) is 6.42 Å². The van der Waals surface area contributed by atoms with E-state index in [1.54, 1.807) is 0 Å². The van der Waals surface area contributed by atoms with Gasteiger partial charge < -0.3 is 5.11 Å². The van der Waals surface area contributed by atoms with Crippen LogP contribution in [-0.4, -0.2) is 11.7 Å². The first-order valence-corrected chi connectivity index (χ1v) is 1.35. The van der Waals surface area contributed by atoms with E-state index in [0.717, 1.165) is 6.42 Å². The molecule has 0 spiro atoms. The lowest BCUT2D eigenvalue weighted by atomic mass is 10.5. The van der Waals surface area contributed by atoms with Crippen molar-refractivity contribution >= 4 is 0 Å². The Bertz CT molecular complexity index is 5.25. The molecule has 0 saturated heterocycles. The van der Waals surface area contributed by atoms with Crippen molar-refractivity contribution in [3.05, 3.63) is 6.92 Å². The number of hydrogen-bond acceptors (Lipinski definition) is 0. The van der Waals surface area contributed by atoms with E-state index in [9.17, 15) is 0 Å². The van der Waals surface area contributed by atoms with E-state index in [1.165, 1.54) is 0 Å². The summed E-state index contributed by atoms with van der Waals surface area (Å²) in [6.07, 6.45) is 0.736. The van der Waals surface area contributed by atoms with Gasteiger partial charge in [-0.05, 0) is 6.92 Å². The summed E-state index contributed by atoms with van der Waals surface area (Å²) in [4.78, 5) is 0. The highest BCUT2D eigenvalue weighted by atomic mass is 16.2. The second-order valence-electron chi connectivity index (χ2n) is 0.604. The molecule has 0 unspecified atom stereocenters. The van der Waals surface area contributed by atoms with Crippen LogP contribution in [0.5, 0.6) is 0 Å². The minimum atomic E-state index is 0.458. The molecule has 2 N–H and O–H groups in total. The van der Waals surface area contributed by atoms with E-state index in [1.807, 2.05) is 0 Å². The lowest BCUT2D eigenvalue weighted by Gasteiger charge is -1.65. The highest BCUT2D eigenvalue weighted by molar-refractivity contribution is 4.28. The Balaban J connectivity index is 1.97. The standard InChI is InChI=1S/C3H7O/c1-2-3-4/h4H,1-3H2/p+1. The lowest BCUT2D eigenvalue weighted by Crippen LogP contribution is -1.70. The van der Waals surface area contributed by atoms with Gasteiger partial charge in [0.2, 0.25) is 0 Å². The molecule has 0 aliphatic heterocycles. The van der Waals surface area contributed by atoms with Gasteiger partial charge in [0, 0.05) is 6.42 Å². The SMILES string of the molecule is [CH2]CC[OH2+]. The molecule has 0 aromatic heterocycles. The van der Waals surface area contributed by atoms with Crippen molar-refractivity contribution in [2.24, 2.45) is 0 Å². The Kier molecular flexibility index (Phi) is 2.93. The molecule has 1 heteroatoms. The Labute approximate surface area is 26.3 Å². The normalized spacial score (nSPS) is 7.50. The summed E-state index contributed by atoms with van der Waals surface area (Å²) in [5.74, 6) is 0. The molecule has 0 aromatic rings. The molecule has 0 atom stereocenters. The van der Waals surface area contributed by atoms with Crippen LogP contribution < -0.4 is 0 Å². The van der Waals surface area contributed by atoms with Gasteiger partial charge in [-0.1, -0.05) is 0 Å².